The van der Waals surface area contributed by atoms with E-state index in [1.807, 2.05) is 0 Å². The highest BCUT2D eigenvalue weighted by atomic mass is 16.5. The van der Waals surface area contributed by atoms with E-state index in [0.717, 1.165) is 0 Å². The maximum absolute atomic E-state index is 10.2. The monoisotopic (exact) mass is 112 g/mol. The first-order chi connectivity index (χ1) is 3.80. The molecule has 0 amide bonds. The van der Waals surface area contributed by atoms with E-state index in [9.17, 15) is 5.21 Å². The molecule has 1 N–H and O–H groups in total. The van der Waals surface area contributed by atoms with Crippen LogP contribution in [0.3, 0.4) is 0 Å². The number of nitrogens with zero attached hydrogens (tertiary/aromatic N) is 2. The van der Waals surface area contributed by atoms with Crippen molar-refractivity contribution in [2.75, 3.05) is 0 Å². The smallest absolute Gasteiger partial charge is 0.403 e. The molecule has 0 spiro atoms. The average molecular weight is 112 g/mol. The molecule has 1 heterocycles. The second kappa shape index (κ2) is 1.65. The summed E-state index contributed by atoms with van der Waals surface area (Å²) in [6, 6.07) is 2.74. The molecule has 1 aromatic heterocycles. The minimum atomic E-state index is -0.382. The predicted octanol–water partition coefficient (Wildman–Crippen LogP) is -0.579. The third-order valence-electron chi connectivity index (χ3n) is 0.699. The Hall–Kier alpha value is -1.32. The summed E-state index contributed by atoms with van der Waals surface area (Å²) in [6.45, 7) is 0. The Morgan fingerprint density at radius 1 is 1.75 bits per heavy atom. The highest BCUT2D eigenvalue weighted by molar-refractivity contribution is 4.96. The van der Waals surface area contributed by atoms with Crippen LogP contribution in [0, 0.1) is 5.21 Å². The van der Waals surface area contributed by atoms with E-state index in [1.165, 1.54) is 18.3 Å². The van der Waals surface area contributed by atoms with Gasteiger partial charge in [0.05, 0.1) is 12.3 Å². The Labute approximate surface area is 45.6 Å². The minimum Gasteiger partial charge on any atom is -0.592 e. The molecule has 0 unspecified atom stereocenters. The molecule has 8 heavy (non-hydrogen) atoms. The quantitative estimate of drug-likeness (QED) is 0.361. The number of hydrogen-bond donors (Lipinski definition) is 1. The molecular formula is C4H4N2O2. The third kappa shape index (κ3) is 0.676. The van der Waals surface area contributed by atoms with Crippen LogP contribution in [0.25, 0.3) is 0 Å². The van der Waals surface area contributed by atoms with E-state index < -0.39 is 0 Å². The molecule has 42 valence electrons. The number of aromatic hydroxyl groups is 1. The van der Waals surface area contributed by atoms with Crippen molar-refractivity contribution >= 4 is 0 Å². The van der Waals surface area contributed by atoms with E-state index in [4.69, 9.17) is 5.11 Å². The third-order valence-corrected chi connectivity index (χ3v) is 0.699. The molecule has 0 fully saturated rings. The van der Waals surface area contributed by atoms with Crippen LogP contribution in [0.15, 0.2) is 18.3 Å². The summed E-state index contributed by atoms with van der Waals surface area (Å²) in [4.78, 5) is 0.139. The molecule has 1 rings (SSSR count). The van der Waals surface area contributed by atoms with Crippen LogP contribution in [-0.4, -0.2) is 10.2 Å². The molecule has 0 aliphatic carbocycles. The lowest BCUT2D eigenvalue weighted by Crippen LogP contribution is -2.29. The Morgan fingerprint density at radius 2 is 2.50 bits per heavy atom. The predicted molar refractivity (Wildman–Crippen MR) is 24.9 cm³/mol. The summed E-state index contributed by atoms with van der Waals surface area (Å²) >= 11 is 0. The number of rotatable bonds is 0. The van der Waals surface area contributed by atoms with Crippen LogP contribution in [0.1, 0.15) is 0 Å². The Bertz CT molecular complexity index is 168. The minimum absolute atomic E-state index is 0.139. The van der Waals surface area contributed by atoms with Crippen molar-refractivity contribution < 1.29 is 9.95 Å². The molecule has 0 saturated heterocycles. The highest BCUT2D eigenvalue weighted by Gasteiger charge is 1.95. The molecule has 0 aliphatic rings. The second-order valence-electron chi connectivity index (χ2n) is 1.25. The first kappa shape index (κ1) is 4.83. The van der Waals surface area contributed by atoms with Gasteiger partial charge in [-0.05, 0) is 10.9 Å². The van der Waals surface area contributed by atoms with E-state index >= 15 is 0 Å². The van der Waals surface area contributed by atoms with Gasteiger partial charge in [-0.25, -0.2) is 0 Å². The lowest BCUT2D eigenvalue weighted by molar-refractivity contribution is -0.675. The molecule has 0 saturated carbocycles. The van der Waals surface area contributed by atoms with Gasteiger partial charge in [0.15, 0.2) is 0 Å². The average Bonchev–Trinajstić information content (AvgIpc) is 1.77. The van der Waals surface area contributed by atoms with Gasteiger partial charge in [0.2, 0.25) is 0 Å². The Morgan fingerprint density at radius 3 is 2.88 bits per heavy atom. The van der Waals surface area contributed by atoms with Gasteiger partial charge in [0, 0.05) is 5.10 Å². The number of aromatic nitrogens is 2. The van der Waals surface area contributed by atoms with Gasteiger partial charge in [0.25, 0.3) is 0 Å². The summed E-state index contributed by atoms with van der Waals surface area (Å²) in [6.07, 6.45) is 1.30. The summed E-state index contributed by atoms with van der Waals surface area (Å²) in [5.41, 5.74) is 0. The molecule has 0 aliphatic heterocycles. The Kier molecular flexibility index (Phi) is 0.997. The topological polar surface area (TPSA) is 60.1 Å². The standard InChI is InChI=1S/C4H4N2O2/c7-4-2-1-3-5-6(4)8/h1-3,7H. The molecular weight excluding hydrogens is 108 g/mol. The van der Waals surface area contributed by atoms with Crippen molar-refractivity contribution in [1.29, 1.82) is 0 Å². The van der Waals surface area contributed by atoms with Gasteiger partial charge < -0.3 is 10.3 Å². The zero-order valence-corrected chi connectivity index (χ0v) is 3.98. The normalized spacial score (nSPS) is 9.00. The molecule has 0 radical (unpaired) electrons. The summed E-state index contributed by atoms with van der Waals surface area (Å²) in [7, 11) is 0. The van der Waals surface area contributed by atoms with Gasteiger partial charge >= 0.3 is 5.88 Å². The zero-order chi connectivity index (χ0) is 5.98. The van der Waals surface area contributed by atoms with E-state index in [1.54, 1.807) is 0 Å². The zero-order valence-electron chi connectivity index (χ0n) is 3.98. The molecule has 4 nitrogen and oxygen atoms in total. The molecule has 0 aromatic carbocycles. The lowest BCUT2D eigenvalue weighted by Gasteiger charge is -1.89. The van der Waals surface area contributed by atoms with Gasteiger partial charge in [-0.2, -0.15) is 0 Å². The van der Waals surface area contributed by atoms with Crippen LogP contribution >= 0.6 is 0 Å². The maximum Gasteiger partial charge on any atom is 0.403 e. The van der Waals surface area contributed by atoms with Crippen LogP contribution < -0.4 is 4.85 Å². The first-order valence-corrected chi connectivity index (χ1v) is 2.04. The molecule has 1 aromatic rings. The van der Waals surface area contributed by atoms with E-state index in [2.05, 4.69) is 5.10 Å². The summed E-state index contributed by atoms with van der Waals surface area (Å²) in [5, 5.41) is 21.9. The second-order valence-corrected chi connectivity index (χ2v) is 1.25. The van der Waals surface area contributed by atoms with Gasteiger partial charge in [-0.1, -0.05) is 0 Å². The van der Waals surface area contributed by atoms with Gasteiger partial charge in [-0.3, -0.25) is 0 Å². The maximum atomic E-state index is 10.2. The van der Waals surface area contributed by atoms with Crippen LogP contribution in [0.5, 0.6) is 5.88 Å². The fraction of sp³-hybridized carbons (Fsp3) is 0. The van der Waals surface area contributed by atoms with E-state index in [-0.39, 0.29) is 10.7 Å². The molecule has 0 bridgehead atoms. The van der Waals surface area contributed by atoms with E-state index in [0.29, 0.717) is 0 Å². The van der Waals surface area contributed by atoms with Crippen molar-refractivity contribution in [3.8, 4) is 5.88 Å². The van der Waals surface area contributed by atoms with Crippen LogP contribution in [0.2, 0.25) is 0 Å². The Balaban J connectivity index is 3.13. The van der Waals surface area contributed by atoms with Crippen LogP contribution in [0.4, 0.5) is 0 Å². The summed E-state index contributed by atoms with van der Waals surface area (Å²) < 4.78 is 0. The summed E-state index contributed by atoms with van der Waals surface area (Å²) in [5.74, 6) is -0.382. The lowest BCUT2D eigenvalue weighted by atomic mass is 10.6. The van der Waals surface area contributed by atoms with Crippen molar-refractivity contribution in [3.63, 3.8) is 0 Å². The SMILES string of the molecule is [O-][n+]1ncccc1O. The molecule has 0 atom stereocenters. The van der Waals surface area contributed by atoms with Crippen molar-refractivity contribution in [2.24, 2.45) is 0 Å². The fourth-order valence-corrected chi connectivity index (χ4v) is 0.351. The van der Waals surface area contributed by atoms with Gasteiger partial charge in [-0.15, -0.1) is 0 Å². The first-order valence-electron chi connectivity index (χ1n) is 2.04. The fourth-order valence-electron chi connectivity index (χ4n) is 0.351. The van der Waals surface area contributed by atoms with Crippen LogP contribution in [-0.2, 0) is 0 Å². The van der Waals surface area contributed by atoms with Gasteiger partial charge in [0.1, 0.15) is 0 Å². The van der Waals surface area contributed by atoms with Crippen molar-refractivity contribution in [3.05, 3.63) is 23.5 Å². The largest absolute Gasteiger partial charge is 0.592 e. The highest BCUT2D eigenvalue weighted by Crippen LogP contribution is 1.91. The molecule has 4 heteroatoms. The van der Waals surface area contributed by atoms with Crippen molar-refractivity contribution in [2.45, 2.75) is 0 Å². The number of hydrogen-bond acceptors (Lipinski definition) is 3. The van der Waals surface area contributed by atoms with Crippen molar-refractivity contribution in [1.82, 2.24) is 5.10 Å².